The summed E-state index contributed by atoms with van der Waals surface area (Å²) in [6.45, 7) is 5.06. The van der Waals surface area contributed by atoms with Crippen LogP contribution in [0, 0.1) is 3.57 Å². The summed E-state index contributed by atoms with van der Waals surface area (Å²) in [6, 6.07) is 5.02. The first kappa shape index (κ1) is 16.0. The Kier molecular flexibility index (Phi) is 4.96. The summed E-state index contributed by atoms with van der Waals surface area (Å²) in [7, 11) is 0. The third kappa shape index (κ3) is 3.65. The van der Waals surface area contributed by atoms with Gasteiger partial charge in [0.25, 0.3) is 5.91 Å². The van der Waals surface area contributed by atoms with Crippen LogP contribution >= 0.6 is 38.5 Å². The molecule has 20 heavy (non-hydrogen) atoms. The first-order valence-electron chi connectivity index (χ1n) is 6.34. The van der Waals surface area contributed by atoms with E-state index in [2.05, 4.69) is 15.9 Å². The monoisotopic (exact) mass is 453 g/mol. The van der Waals surface area contributed by atoms with E-state index < -0.39 is 0 Å². The van der Waals surface area contributed by atoms with E-state index in [1.807, 2.05) is 36.4 Å². The molecular weight excluding hydrogens is 437 g/mol. The summed E-state index contributed by atoms with van der Waals surface area (Å²) < 4.78 is 6.63. The summed E-state index contributed by atoms with van der Waals surface area (Å²) >= 11 is 5.45. The molecule has 1 aliphatic rings. The van der Waals surface area contributed by atoms with Crippen LogP contribution in [0.4, 0.5) is 0 Å². The predicted molar refractivity (Wildman–Crippen MR) is 89.5 cm³/mol. The molecule has 1 fully saturated rings. The van der Waals surface area contributed by atoms with Gasteiger partial charge in [-0.05, 0) is 54.6 Å². The number of benzene rings is 1. The number of alkyl halides is 1. The fourth-order valence-corrected chi connectivity index (χ4v) is 3.03. The maximum Gasteiger partial charge on any atom is 0.254 e. The quantitative estimate of drug-likeness (QED) is 0.553. The Bertz CT molecular complexity index is 521. The normalized spacial score (nSPS) is 21.8. The molecule has 6 heteroatoms. The second-order valence-electron chi connectivity index (χ2n) is 5.51. The van der Waals surface area contributed by atoms with E-state index in [1.54, 1.807) is 17.0 Å². The van der Waals surface area contributed by atoms with E-state index in [4.69, 9.17) is 4.74 Å². The van der Waals surface area contributed by atoms with Crippen LogP contribution in [0.3, 0.4) is 0 Å². The number of carbonyl (C=O) groups is 1. The zero-order chi connectivity index (χ0) is 14.9. The van der Waals surface area contributed by atoms with Crippen LogP contribution in [0.5, 0.6) is 5.75 Å². The zero-order valence-corrected chi connectivity index (χ0v) is 15.1. The number of amides is 1. The fraction of sp³-hybridized carbons (Fsp3) is 0.500. The molecule has 110 valence electrons. The number of rotatable bonds is 2. The first-order valence-corrected chi connectivity index (χ1v) is 8.54. The summed E-state index contributed by atoms with van der Waals surface area (Å²) in [5.41, 5.74) is 0.145. The first-order chi connectivity index (χ1) is 9.32. The number of nitrogens with zero attached hydrogens (tertiary/aromatic N) is 1. The standard InChI is InChI=1S/C14H17BrINO3/c1-14(2)8-17(7-10(6-15)20-14)13(19)9-3-4-11(16)12(18)5-9/h3-5,10,18H,6-8H2,1-2H3. The highest BCUT2D eigenvalue weighted by atomic mass is 127. The largest absolute Gasteiger partial charge is 0.507 e. The van der Waals surface area contributed by atoms with Gasteiger partial charge in [-0.2, -0.15) is 0 Å². The molecule has 0 aromatic heterocycles. The lowest BCUT2D eigenvalue weighted by Gasteiger charge is -2.42. The Labute approximate surface area is 140 Å². The van der Waals surface area contributed by atoms with Gasteiger partial charge in [0.1, 0.15) is 5.75 Å². The fourth-order valence-electron chi connectivity index (χ4n) is 2.36. The van der Waals surface area contributed by atoms with Crippen LogP contribution in [-0.2, 0) is 4.74 Å². The SMILES string of the molecule is CC1(C)CN(C(=O)c2ccc(I)c(O)c2)CC(CBr)O1. The van der Waals surface area contributed by atoms with Crippen molar-refractivity contribution in [1.29, 1.82) is 0 Å². The topological polar surface area (TPSA) is 49.8 Å². The van der Waals surface area contributed by atoms with Gasteiger partial charge in [-0.25, -0.2) is 0 Å². The molecule has 1 aliphatic heterocycles. The Balaban J connectivity index is 2.21. The van der Waals surface area contributed by atoms with Crippen molar-refractivity contribution in [3.63, 3.8) is 0 Å². The maximum atomic E-state index is 12.6. The van der Waals surface area contributed by atoms with Crippen LogP contribution < -0.4 is 0 Å². The molecule has 1 amide bonds. The van der Waals surface area contributed by atoms with Gasteiger partial charge in [0, 0.05) is 24.0 Å². The number of halogens is 2. The number of hydrogen-bond acceptors (Lipinski definition) is 3. The van der Waals surface area contributed by atoms with Crippen molar-refractivity contribution in [1.82, 2.24) is 4.90 Å². The molecule has 0 radical (unpaired) electrons. The van der Waals surface area contributed by atoms with Crippen molar-refractivity contribution in [3.8, 4) is 5.75 Å². The summed E-state index contributed by atoms with van der Waals surface area (Å²) in [4.78, 5) is 14.3. The molecule has 0 saturated carbocycles. The minimum Gasteiger partial charge on any atom is -0.507 e. The second-order valence-corrected chi connectivity index (χ2v) is 7.32. The van der Waals surface area contributed by atoms with Crippen molar-refractivity contribution in [2.24, 2.45) is 0 Å². The molecule has 1 heterocycles. The van der Waals surface area contributed by atoms with Crippen molar-refractivity contribution in [2.45, 2.75) is 25.6 Å². The Morgan fingerprint density at radius 3 is 2.90 bits per heavy atom. The van der Waals surface area contributed by atoms with Crippen LogP contribution in [0.15, 0.2) is 18.2 Å². The molecule has 1 aromatic carbocycles. The van der Waals surface area contributed by atoms with Crippen molar-refractivity contribution >= 4 is 44.4 Å². The molecule has 0 bridgehead atoms. The van der Waals surface area contributed by atoms with E-state index in [0.717, 1.165) is 3.57 Å². The van der Waals surface area contributed by atoms with Gasteiger partial charge in [-0.15, -0.1) is 0 Å². The minimum atomic E-state index is -0.363. The predicted octanol–water partition coefficient (Wildman–Crippen LogP) is 3.01. The third-order valence-corrected chi connectivity index (χ3v) is 4.77. The van der Waals surface area contributed by atoms with Gasteiger partial charge in [0.2, 0.25) is 0 Å². The van der Waals surface area contributed by atoms with E-state index in [0.29, 0.717) is 24.0 Å². The number of aromatic hydroxyl groups is 1. The second kappa shape index (κ2) is 6.19. The number of ether oxygens (including phenoxy) is 1. The van der Waals surface area contributed by atoms with Crippen LogP contribution in [0.1, 0.15) is 24.2 Å². The summed E-state index contributed by atoms with van der Waals surface area (Å²) in [5.74, 6) is 0.0695. The molecule has 1 N–H and O–H groups in total. The Hall–Kier alpha value is -0.340. The highest BCUT2D eigenvalue weighted by Crippen LogP contribution is 2.25. The number of carbonyl (C=O) groups excluding carboxylic acids is 1. The zero-order valence-electron chi connectivity index (χ0n) is 11.4. The van der Waals surface area contributed by atoms with E-state index in [9.17, 15) is 9.90 Å². The van der Waals surface area contributed by atoms with Gasteiger partial charge >= 0.3 is 0 Å². The average molecular weight is 454 g/mol. The molecule has 1 unspecified atom stereocenters. The molecular formula is C14H17BrINO3. The van der Waals surface area contributed by atoms with Gasteiger partial charge in [-0.3, -0.25) is 4.79 Å². The van der Waals surface area contributed by atoms with Gasteiger partial charge < -0.3 is 14.7 Å². The maximum absolute atomic E-state index is 12.6. The third-order valence-electron chi connectivity index (χ3n) is 3.13. The molecule has 2 rings (SSSR count). The number of phenols is 1. The van der Waals surface area contributed by atoms with E-state index >= 15 is 0 Å². The summed E-state index contributed by atoms with van der Waals surface area (Å²) in [6.07, 6.45) is -0.0138. The Morgan fingerprint density at radius 1 is 1.60 bits per heavy atom. The summed E-state index contributed by atoms with van der Waals surface area (Å²) in [5, 5.41) is 10.4. The van der Waals surface area contributed by atoms with Crippen LogP contribution in [0.2, 0.25) is 0 Å². The van der Waals surface area contributed by atoms with Gasteiger partial charge in [0.15, 0.2) is 0 Å². The highest BCUT2D eigenvalue weighted by Gasteiger charge is 2.35. The molecule has 1 atom stereocenters. The number of morpholine rings is 1. The van der Waals surface area contributed by atoms with Crippen molar-refractivity contribution in [2.75, 3.05) is 18.4 Å². The molecule has 1 aromatic rings. The lowest BCUT2D eigenvalue weighted by atomic mass is 10.0. The van der Waals surface area contributed by atoms with Crippen molar-refractivity contribution < 1.29 is 14.6 Å². The lowest BCUT2D eigenvalue weighted by molar-refractivity contribution is -0.116. The van der Waals surface area contributed by atoms with E-state index in [-0.39, 0.29) is 23.4 Å². The minimum absolute atomic E-state index is 0.0138. The highest BCUT2D eigenvalue weighted by molar-refractivity contribution is 14.1. The average Bonchev–Trinajstić information content (AvgIpc) is 2.39. The molecule has 0 aliphatic carbocycles. The lowest BCUT2D eigenvalue weighted by Crippen LogP contribution is -2.55. The van der Waals surface area contributed by atoms with E-state index in [1.165, 1.54) is 6.07 Å². The molecule has 0 spiro atoms. The number of hydrogen-bond donors (Lipinski definition) is 1. The van der Waals surface area contributed by atoms with Gasteiger partial charge in [0.05, 0.1) is 15.3 Å². The van der Waals surface area contributed by atoms with Crippen molar-refractivity contribution in [3.05, 3.63) is 27.3 Å². The Morgan fingerprint density at radius 2 is 2.30 bits per heavy atom. The van der Waals surface area contributed by atoms with Gasteiger partial charge in [-0.1, -0.05) is 15.9 Å². The molecule has 1 saturated heterocycles. The van der Waals surface area contributed by atoms with Crippen LogP contribution in [-0.4, -0.2) is 46.0 Å². The molecule has 4 nitrogen and oxygen atoms in total. The smallest absolute Gasteiger partial charge is 0.254 e. The van der Waals surface area contributed by atoms with Crippen LogP contribution in [0.25, 0.3) is 0 Å². The number of phenolic OH excluding ortho intramolecular Hbond substituents is 1.